The van der Waals surface area contributed by atoms with Crippen molar-refractivity contribution in [3.63, 3.8) is 0 Å². The predicted molar refractivity (Wildman–Crippen MR) is 106 cm³/mol. The highest BCUT2D eigenvalue weighted by atomic mass is 79.9. The first-order valence-electron chi connectivity index (χ1n) is 8.31. The van der Waals surface area contributed by atoms with Crippen molar-refractivity contribution in [1.82, 2.24) is 0 Å². The maximum absolute atomic E-state index is 12.6. The Balaban J connectivity index is 1.74. The van der Waals surface area contributed by atoms with Gasteiger partial charge in [0.1, 0.15) is 0 Å². The molecule has 3 aromatic rings. The number of halogens is 1. The Kier molecular flexibility index (Phi) is 5.68. The number of amides is 1. The van der Waals surface area contributed by atoms with Gasteiger partial charge in [-0.3, -0.25) is 4.79 Å². The summed E-state index contributed by atoms with van der Waals surface area (Å²) in [7, 11) is 0. The van der Waals surface area contributed by atoms with E-state index in [1.165, 1.54) is 0 Å². The van der Waals surface area contributed by atoms with Crippen LogP contribution in [-0.4, -0.2) is 25.0 Å². The summed E-state index contributed by atoms with van der Waals surface area (Å²) in [5.41, 5.74) is 1.23. The lowest BCUT2D eigenvalue weighted by atomic mass is 10.1. The lowest BCUT2D eigenvalue weighted by Crippen LogP contribution is -2.34. The smallest absolute Gasteiger partial charge is 0.338 e. The number of rotatable bonds is 5. The molecule has 0 bridgehead atoms. The van der Waals surface area contributed by atoms with E-state index in [-0.39, 0.29) is 12.5 Å². The van der Waals surface area contributed by atoms with Gasteiger partial charge >= 0.3 is 5.97 Å². The number of likely N-dealkylation sites (N-methyl/N-ethyl adjacent to an activating group) is 1. The Bertz CT molecular complexity index is 932. The zero-order valence-electron chi connectivity index (χ0n) is 14.3. The molecule has 1 amide bonds. The molecule has 4 nitrogen and oxygen atoms in total. The number of benzene rings is 3. The van der Waals surface area contributed by atoms with Gasteiger partial charge in [-0.05, 0) is 42.6 Å². The number of esters is 1. The molecule has 0 spiro atoms. The Hall–Kier alpha value is -2.66. The summed E-state index contributed by atoms with van der Waals surface area (Å²) in [6.07, 6.45) is 0. The molecule has 0 aliphatic heterocycles. The van der Waals surface area contributed by atoms with Crippen molar-refractivity contribution in [3.05, 3.63) is 76.8 Å². The van der Waals surface area contributed by atoms with Gasteiger partial charge in [-0.15, -0.1) is 0 Å². The molecule has 132 valence electrons. The van der Waals surface area contributed by atoms with Crippen LogP contribution in [0.3, 0.4) is 0 Å². The summed E-state index contributed by atoms with van der Waals surface area (Å²) >= 11 is 3.32. The van der Waals surface area contributed by atoms with Crippen molar-refractivity contribution in [1.29, 1.82) is 0 Å². The highest BCUT2D eigenvalue weighted by Gasteiger charge is 2.18. The molecule has 0 aliphatic carbocycles. The Morgan fingerprint density at radius 1 is 0.962 bits per heavy atom. The van der Waals surface area contributed by atoms with Gasteiger partial charge in [0.25, 0.3) is 5.91 Å². The summed E-state index contributed by atoms with van der Waals surface area (Å²) in [4.78, 5) is 26.4. The molecule has 0 saturated heterocycles. The Morgan fingerprint density at radius 2 is 1.65 bits per heavy atom. The first-order valence-corrected chi connectivity index (χ1v) is 9.10. The molecule has 0 aliphatic rings. The second-order valence-corrected chi connectivity index (χ2v) is 6.63. The number of hydrogen-bond acceptors (Lipinski definition) is 3. The average Bonchev–Trinajstić information content (AvgIpc) is 2.67. The SMILES string of the molecule is CCN(C(=O)COC(=O)c1ccc(Br)cc1)c1cccc2ccccc12. The molecule has 0 saturated carbocycles. The topological polar surface area (TPSA) is 46.6 Å². The van der Waals surface area contributed by atoms with Crippen LogP contribution in [0.2, 0.25) is 0 Å². The Morgan fingerprint density at radius 3 is 2.38 bits per heavy atom. The molecule has 3 rings (SSSR count). The lowest BCUT2D eigenvalue weighted by molar-refractivity contribution is -0.121. The van der Waals surface area contributed by atoms with Gasteiger partial charge in [0.15, 0.2) is 6.61 Å². The molecule has 0 radical (unpaired) electrons. The van der Waals surface area contributed by atoms with E-state index < -0.39 is 5.97 Å². The van der Waals surface area contributed by atoms with Crippen LogP contribution in [-0.2, 0) is 9.53 Å². The minimum atomic E-state index is -0.514. The number of hydrogen-bond donors (Lipinski definition) is 0. The zero-order valence-corrected chi connectivity index (χ0v) is 15.9. The predicted octanol–water partition coefficient (Wildman–Crippen LogP) is 4.81. The van der Waals surface area contributed by atoms with Crippen molar-refractivity contribution < 1.29 is 14.3 Å². The van der Waals surface area contributed by atoms with Crippen molar-refractivity contribution in [2.75, 3.05) is 18.1 Å². The number of anilines is 1. The number of carbonyl (C=O) groups is 2. The largest absolute Gasteiger partial charge is 0.452 e. The standard InChI is InChI=1S/C21H18BrNO3/c1-2-23(19-9-5-7-15-6-3-4-8-18(15)19)20(24)14-26-21(25)16-10-12-17(22)13-11-16/h3-13H,2,14H2,1H3. The minimum Gasteiger partial charge on any atom is -0.452 e. The number of ether oxygens (including phenoxy) is 1. The molecule has 5 heteroatoms. The molecule has 0 N–H and O–H groups in total. The molecular formula is C21H18BrNO3. The van der Waals surface area contributed by atoms with Gasteiger partial charge in [-0.25, -0.2) is 4.79 Å². The zero-order chi connectivity index (χ0) is 18.5. The summed E-state index contributed by atoms with van der Waals surface area (Å²) in [6.45, 7) is 2.09. The molecule has 26 heavy (non-hydrogen) atoms. The highest BCUT2D eigenvalue weighted by molar-refractivity contribution is 9.10. The molecule has 0 atom stereocenters. The van der Waals surface area contributed by atoms with Crippen molar-refractivity contribution >= 4 is 44.3 Å². The van der Waals surface area contributed by atoms with Gasteiger partial charge in [-0.2, -0.15) is 0 Å². The van der Waals surface area contributed by atoms with Crippen LogP contribution in [0.15, 0.2) is 71.2 Å². The second kappa shape index (κ2) is 8.15. The van der Waals surface area contributed by atoms with Gasteiger partial charge in [0.05, 0.1) is 11.3 Å². The lowest BCUT2D eigenvalue weighted by Gasteiger charge is -2.22. The van der Waals surface area contributed by atoms with Crippen LogP contribution in [0.4, 0.5) is 5.69 Å². The van der Waals surface area contributed by atoms with Gasteiger partial charge in [0.2, 0.25) is 0 Å². The molecule has 0 aromatic heterocycles. The summed E-state index contributed by atoms with van der Waals surface area (Å²) in [6, 6.07) is 20.5. The minimum absolute atomic E-state index is 0.255. The van der Waals surface area contributed by atoms with E-state index in [0.717, 1.165) is 20.9 Å². The fourth-order valence-corrected chi connectivity index (χ4v) is 3.06. The first-order chi connectivity index (χ1) is 12.6. The molecular weight excluding hydrogens is 394 g/mol. The first kappa shape index (κ1) is 18.1. The average molecular weight is 412 g/mol. The van der Waals surface area contributed by atoms with Crippen molar-refractivity contribution in [2.45, 2.75) is 6.92 Å². The summed E-state index contributed by atoms with van der Waals surface area (Å²) in [5.74, 6) is -0.769. The number of nitrogens with zero attached hydrogens (tertiary/aromatic N) is 1. The highest BCUT2D eigenvalue weighted by Crippen LogP contribution is 2.26. The molecule has 3 aromatic carbocycles. The van der Waals surface area contributed by atoms with Gasteiger partial charge in [0, 0.05) is 16.4 Å². The van der Waals surface area contributed by atoms with Crippen molar-refractivity contribution in [3.8, 4) is 0 Å². The van der Waals surface area contributed by atoms with E-state index in [0.29, 0.717) is 12.1 Å². The van der Waals surface area contributed by atoms with E-state index in [9.17, 15) is 9.59 Å². The van der Waals surface area contributed by atoms with Gasteiger partial charge < -0.3 is 9.64 Å². The normalized spacial score (nSPS) is 10.5. The molecule has 0 unspecified atom stereocenters. The third kappa shape index (κ3) is 3.94. The maximum atomic E-state index is 12.6. The maximum Gasteiger partial charge on any atom is 0.338 e. The second-order valence-electron chi connectivity index (χ2n) is 5.72. The van der Waals surface area contributed by atoms with Crippen LogP contribution >= 0.6 is 15.9 Å². The van der Waals surface area contributed by atoms with Crippen LogP contribution in [0, 0.1) is 0 Å². The summed E-state index contributed by atoms with van der Waals surface area (Å²) in [5, 5.41) is 2.05. The number of fused-ring (bicyclic) bond motifs is 1. The number of carbonyl (C=O) groups excluding carboxylic acids is 2. The Labute approximate surface area is 160 Å². The van der Waals surface area contributed by atoms with E-state index in [1.54, 1.807) is 29.2 Å². The van der Waals surface area contributed by atoms with E-state index in [1.807, 2.05) is 49.4 Å². The van der Waals surface area contributed by atoms with E-state index >= 15 is 0 Å². The van der Waals surface area contributed by atoms with E-state index in [4.69, 9.17) is 4.74 Å². The van der Waals surface area contributed by atoms with Crippen LogP contribution in [0.1, 0.15) is 17.3 Å². The monoisotopic (exact) mass is 411 g/mol. The van der Waals surface area contributed by atoms with Crippen LogP contribution in [0.5, 0.6) is 0 Å². The summed E-state index contributed by atoms with van der Waals surface area (Å²) < 4.78 is 6.07. The third-order valence-electron chi connectivity index (χ3n) is 4.08. The van der Waals surface area contributed by atoms with E-state index in [2.05, 4.69) is 15.9 Å². The van der Waals surface area contributed by atoms with Crippen LogP contribution in [0.25, 0.3) is 10.8 Å². The van der Waals surface area contributed by atoms with Crippen LogP contribution < -0.4 is 4.90 Å². The molecule has 0 fully saturated rings. The van der Waals surface area contributed by atoms with Gasteiger partial charge in [-0.1, -0.05) is 52.3 Å². The molecule has 0 heterocycles. The quantitative estimate of drug-likeness (QED) is 0.565. The fourth-order valence-electron chi connectivity index (χ4n) is 2.80. The third-order valence-corrected chi connectivity index (χ3v) is 4.61. The fraction of sp³-hybridized carbons (Fsp3) is 0.143. The van der Waals surface area contributed by atoms with Crippen molar-refractivity contribution in [2.24, 2.45) is 0 Å².